The van der Waals surface area contributed by atoms with Crippen LogP contribution < -0.4 is 5.73 Å². The molecule has 0 aromatic rings. The molecule has 2 N–H and O–H groups in total. The first-order valence-electron chi connectivity index (χ1n) is 4.37. The molecule has 1 atom stereocenters. The van der Waals surface area contributed by atoms with E-state index in [0.29, 0.717) is 6.04 Å². The lowest BCUT2D eigenvalue weighted by Gasteiger charge is -2.15. The van der Waals surface area contributed by atoms with Crippen molar-refractivity contribution in [2.75, 3.05) is 19.6 Å². The summed E-state index contributed by atoms with van der Waals surface area (Å²) in [5, 5.41) is 0. The van der Waals surface area contributed by atoms with Crippen LogP contribution in [0.15, 0.2) is 12.2 Å². The topological polar surface area (TPSA) is 29.3 Å². The molecule has 1 fully saturated rings. The second-order valence-corrected chi connectivity index (χ2v) is 3.39. The van der Waals surface area contributed by atoms with Crippen LogP contribution in [0.1, 0.15) is 19.8 Å². The van der Waals surface area contributed by atoms with Gasteiger partial charge < -0.3 is 5.73 Å². The summed E-state index contributed by atoms with van der Waals surface area (Å²) < 4.78 is 0. The van der Waals surface area contributed by atoms with Crippen molar-refractivity contribution in [3.05, 3.63) is 12.2 Å². The highest BCUT2D eigenvalue weighted by atomic mass is 15.2. The number of rotatable bonds is 3. The van der Waals surface area contributed by atoms with Gasteiger partial charge in [-0.25, -0.2) is 0 Å². The maximum atomic E-state index is 5.77. The van der Waals surface area contributed by atoms with Gasteiger partial charge in [-0.2, -0.15) is 0 Å². The summed E-state index contributed by atoms with van der Waals surface area (Å²) in [5.74, 6) is 0. The van der Waals surface area contributed by atoms with E-state index in [2.05, 4.69) is 18.4 Å². The molecule has 0 aliphatic carbocycles. The van der Waals surface area contributed by atoms with Gasteiger partial charge in [-0.15, -0.1) is 0 Å². The molecule has 64 valence electrons. The van der Waals surface area contributed by atoms with Gasteiger partial charge in [0.2, 0.25) is 0 Å². The molecule has 0 spiro atoms. The SMILES string of the molecule is C=C(CC)CN1CC[C@@H](N)C1. The van der Waals surface area contributed by atoms with Crippen LogP contribution in [-0.4, -0.2) is 30.6 Å². The fraction of sp³-hybridized carbons (Fsp3) is 0.778. The molecule has 11 heavy (non-hydrogen) atoms. The minimum absolute atomic E-state index is 0.402. The lowest BCUT2D eigenvalue weighted by Crippen LogP contribution is -2.27. The smallest absolute Gasteiger partial charge is 0.0190 e. The molecule has 0 amide bonds. The van der Waals surface area contributed by atoms with Gasteiger partial charge >= 0.3 is 0 Å². The Hall–Kier alpha value is -0.340. The second kappa shape index (κ2) is 3.88. The Kier molecular flexibility index (Phi) is 3.09. The molecule has 0 saturated carbocycles. The fourth-order valence-corrected chi connectivity index (χ4v) is 1.43. The van der Waals surface area contributed by atoms with Crippen molar-refractivity contribution in [2.45, 2.75) is 25.8 Å². The fourth-order valence-electron chi connectivity index (χ4n) is 1.43. The van der Waals surface area contributed by atoms with Crippen molar-refractivity contribution in [1.29, 1.82) is 0 Å². The Morgan fingerprint density at radius 1 is 1.73 bits per heavy atom. The van der Waals surface area contributed by atoms with E-state index < -0.39 is 0 Å². The van der Waals surface area contributed by atoms with Crippen LogP contribution in [0.25, 0.3) is 0 Å². The van der Waals surface area contributed by atoms with Crippen molar-refractivity contribution in [3.8, 4) is 0 Å². The maximum absolute atomic E-state index is 5.77. The summed E-state index contributed by atoms with van der Waals surface area (Å²) in [6.07, 6.45) is 2.24. The third-order valence-corrected chi connectivity index (χ3v) is 2.26. The lowest BCUT2D eigenvalue weighted by molar-refractivity contribution is 0.361. The summed E-state index contributed by atoms with van der Waals surface area (Å²) in [7, 11) is 0. The average Bonchev–Trinajstić information content (AvgIpc) is 2.35. The quantitative estimate of drug-likeness (QED) is 0.614. The van der Waals surface area contributed by atoms with Crippen LogP contribution in [0.5, 0.6) is 0 Å². The molecule has 2 heteroatoms. The van der Waals surface area contributed by atoms with Crippen LogP contribution in [0.2, 0.25) is 0 Å². The molecule has 1 saturated heterocycles. The summed E-state index contributed by atoms with van der Waals surface area (Å²) >= 11 is 0. The highest BCUT2D eigenvalue weighted by Crippen LogP contribution is 2.09. The molecule has 1 rings (SSSR count). The number of likely N-dealkylation sites (tertiary alicyclic amines) is 1. The molecule has 0 bridgehead atoms. The van der Waals surface area contributed by atoms with Gasteiger partial charge in [0, 0.05) is 25.7 Å². The van der Waals surface area contributed by atoms with Gasteiger partial charge in [-0.3, -0.25) is 4.90 Å². The average molecular weight is 154 g/mol. The molecule has 0 aromatic carbocycles. The van der Waals surface area contributed by atoms with E-state index in [4.69, 9.17) is 5.73 Å². The van der Waals surface area contributed by atoms with Crippen LogP contribution >= 0.6 is 0 Å². The van der Waals surface area contributed by atoms with Crippen molar-refractivity contribution in [1.82, 2.24) is 4.90 Å². The highest BCUT2D eigenvalue weighted by Gasteiger charge is 2.18. The third-order valence-electron chi connectivity index (χ3n) is 2.26. The summed E-state index contributed by atoms with van der Waals surface area (Å²) in [5.41, 5.74) is 7.09. The van der Waals surface area contributed by atoms with Gasteiger partial charge in [-0.1, -0.05) is 19.1 Å². The largest absolute Gasteiger partial charge is 0.326 e. The zero-order valence-electron chi connectivity index (χ0n) is 7.34. The Balaban J connectivity index is 2.23. The van der Waals surface area contributed by atoms with Crippen molar-refractivity contribution >= 4 is 0 Å². The van der Waals surface area contributed by atoms with E-state index in [1.165, 1.54) is 5.57 Å². The van der Waals surface area contributed by atoms with E-state index in [9.17, 15) is 0 Å². The highest BCUT2D eigenvalue weighted by molar-refractivity contribution is 4.97. The van der Waals surface area contributed by atoms with Crippen LogP contribution in [0.3, 0.4) is 0 Å². The van der Waals surface area contributed by atoms with Gasteiger partial charge in [0.15, 0.2) is 0 Å². The zero-order chi connectivity index (χ0) is 8.27. The molecule has 1 heterocycles. The summed E-state index contributed by atoms with van der Waals surface area (Å²) in [6.45, 7) is 9.38. The first-order chi connectivity index (χ1) is 5.22. The minimum Gasteiger partial charge on any atom is -0.326 e. The number of nitrogens with two attached hydrogens (primary N) is 1. The maximum Gasteiger partial charge on any atom is 0.0190 e. The zero-order valence-corrected chi connectivity index (χ0v) is 7.34. The van der Waals surface area contributed by atoms with Crippen molar-refractivity contribution in [2.24, 2.45) is 5.73 Å². The van der Waals surface area contributed by atoms with Gasteiger partial charge in [-0.05, 0) is 12.8 Å². The van der Waals surface area contributed by atoms with E-state index in [1.807, 2.05) is 0 Å². The van der Waals surface area contributed by atoms with E-state index >= 15 is 0 Å². The molecule has 1 aliphatic heterocycles. The predicted octanol–water partition coefficient (Wildman–Crippen LogP) is 0.986. The Bertz CT molecular complexity index is 142. The third kappa shape index (κ3) is 2.64. The summed E-state index contributed by atoms with van der Waals surface area (Å²) in [4.78, 5) is 2.39. The van der Waals surface area contributed by atoms with Gasteiger partial charge in [0.25, 0.3) is 0 Å². The van der Waals surface area contributed by atoms with E-state index in [1.54, 1.807) is 0 Å². The number of hydrogen-bond donors (Lipinski definition) is 1. The molecular formula is C9H18N2. The summed E-state index contributed by atoms with van der Waals surface area (Å²) in [6, 6.07) is 0.402. The molecule has 2 nitrogen and oxygen atoms in total. The lowest BCUT2D eigenvalue weighted by atomic mass is 10.2. The van der Waals surface area contributed by atoms with Crippen LogP contribution in [0.4, 0.5) is 0 Å². The molecule has 0 aromatic heterocycles. The Labute approximate surface area is 69.1 Å². The first-order valence-corrected chi connectivity index (χ1v) is 4.37. The van der Waals surface area contributed by atoms with Crippen molar-refractivity contribution in [3.63, 3.8) is 0 Å². The van der Waals surface area contributed by atoms with Gasteiger partial charge in [0.1, 0.15) is 0 Å². The second-order valence-electron chi connectivity index (χ2n) is 3.39. The van der Waals surface area contributed by atoms with Crippen molar-refractivity contribution < 1.29 is 0 Å². The normalized spacial score (nSPS) is 25.8. The Morgan fingerprint density at radius 3 is 2.91 bits per heavy atom. The standard InChI is InChI=1S/C9H18N2/c1-3-8(2)6-11-5-4-9(10)7-11/h9H,2-7,10H2,1H3/t9-/m1/s1. The number of hydrogen-bond acceptors (Lipinski definition) is 2. The minimum atomic E-state index is 0.402. The number of nitrogens with zero attached hydrogens (tertiary/aromatic N) is 1. The molecule has 0 unspecified atom stereocenters. The first kappa shape index (κ1) is 8.75. The monoisotopic (exact) mass is 154 g/mol. The van der Waals surface area contributed by atoms with E-state index in [-0.39, 0.29) is 0 Å². The van der Waals surface area contributed by atoms with E-state index in [0.717, 1.165) is 32.5 Å². The predicted molar refractivity (Wildman–Crippen MR) is 48.5 cm³/mol. The molecule has 1 aliphatic rings. The van der Waals surface area contributed by atoms with Crippen LogP contribution in [0, 0.1) is 0 Å². The van der Waals surface area contributed by atoms with Gasteiger partial charge in [0.05, 0.1) is 0 Å². The Morgan fingerprint density at radius 2 is 2.45 bits per heavy atom. The van der Waals surface area contributed by atoms with Crippen LogP contribution in [-0.2, 0) is 0 Å². The molecule has 0 radical (unpaired) electrons. The molecular weight excluding hydrogens is 136 g/mol.